The molecule has 3 N–H and O–H groups in total. The first-order valence-corrected chi connectivity index (χ1v) is 16.6. The van der Waals surface area contributed by atoms with Gasteiger partial charge >= 0.3 is 0 Å². The van der Waals surface area contributed by atoms with Crippen molar-refractivity contribution in [2.75, 3.05) is 39.5 Å². The molecule has 9 heteroatoms. The van der Waals surface area contributed by atoms with E-state index in [0.29, 0.717) is 12.8 Å². The topological polar surface area (TPSA) is 111 Å². The lowest BCUT2D eigenvalue weighted by molar-refractivity contribution is -0.200. The zero-order valence-electron chi connectivity index (χ0n) is 26.2. The van der Waals surface area contributed by atoms with Crippen LogP contribution in [-0.2, 0) is 27.2 Å². The van der Waals surface area contributed by atoms with Crippen LogP contribution in [0.15, 0.2) is 42.5 Å². The van der Waals surface area contributed by atoms with E-state index in [4.69, 9.17) is 4.74 Å². The van der Waals surface area contributed by atoms with Gasteiger partial charge in [-0.1, -0.05) is 56.3 Å². The highest BCUT2D eigenvalue weighted by molar-refractivity contribution is 7.99. The number of aliphatic hydroxyl groups excluding tert-OH is 3. The first-order valence-electron chi connectivity index (χ1n) is 15.3. The lowest BCUT2D eigenvalue weighted by Crippen LogP contribution is -2.52. The van der Waals surface area contributed by atoms with Gasteiger partial charge in [-0.05, 0) is 67.3 Å². The van der Waals surface area contributed by atoms with E-state index >= 15 is 0 Å². The van der Waals surface area contributed by atoms with E-state index < -0.39 is 35.3 Å². The van der Waals surface area contributed by atoms with Gasteiger partial charge < -0.3 is 29.9 Å². The Kier molecular flexibility index (Phi) is 11.5. The Morgan fingerprint density at radius 2 is 1.60 bits per heavy atom. The van der Waals surface area contributed by atoms with Gasteiger partial charge in [0.25, 0.3) is 0 Å². The van der Waals surface area contributed by atoms with Crippen LogP contribution < -0.4 is 0 Å². The maximum atomic E-state index is 13.0. The fraction of sp³-hybridized carbons (Fsp3) is 0.588. The minimum Gasteiger partial charge on any atom is -0.387 e. The third-order valence-electron chi connectivity index (χ3n) is 8.85. The van der Waals surface area contributed by atoms with Crippen LogP contribution in [0.5, 0.6) is 0 Å². The van der Waals surface area contributed by atoms with E-state index in [1.54, 1.807) is 6.26 Å². The number of ether oxygens (including phenoxy) is 1. The van der Waals surface area contributed by atoms with Crippen LogP contribution >= 0.6 is 11.8 Å². The second-order valence-electron chi connectivity index (χ2n) is 12.9. The first-order chi connectivity index (χ1) is 20.4. The van der Waals surface area contributed by atoms with Crippen molar-refractivity contribution >= 4 is 23.5 Å². The number of piperazine rings is 1. The van der Waals surface area contributed by atoms with E-state index in [0.717, 1.165) is 61.3 Å². The van der Waals surface area contributed by atoms with Crippen LogP contribution in [0.2, 0.25) is 0 Å². The molecular formula is C34H48N2O6S. The quantitative estimate of drug-likeness (QED) is 0.354. The number of ketones is 1. The zero-order chi connectivity index (χ0) is 31.3. The lowest BCUT2D eigenvalue weighted by atomic mass is 9.84. The van der Waals surface area contributed by atoms with Crippen LogP contribution in [0.4, 0.5) is 0 Å². The number of benzene rings is 2. The smallest absolute Gasteiger partial charge is 0.228 e. The molecule has 0 aromatic heterocycles. The number of amides is 1. The summed E-state index contributed by atoms with van der Waals surface area (Å²) in [6, 6.07) is 14.3. The number of carbonyl (C=O) groups is 2. The number of rotatable bonds is 11. The van der Waals surface area contributed by atoms with Crippen molar-refractivity contribution in [3.63, 3.8) is 0 Å². The van der Waals surface area contributed by atoms with Crippen LogP contribution in [0, 0.1) is 12.3 Å². The molecule has 0 bridgehead atoms. The summed E-state index contributed by atoms with van der Waals surface area (Å²) < 4.78 is 5.96. The molecule has 2 heterocycles. The largest absolute Gasteiger partial charge is 0.387 e. The molecule has 8 nitrogen and oxygen atoms in total. The minimum absolute atomic E-state index is 0.0771. The first kappa shape index (κ1) is 33.6. The average Bonchev–Trinajstić information content (AvgIpc) is 2.98. The summed E-state index contributed by atoms with van der Waals surface area (Å²) in [5.74, 6) is 0.214. The molecular weight excluding hydrogens is 564 g/mol. The van der Waals surface area contributed by atoms with Crippen LogP contribution in [0.1, 0.15) is 67.0 Å². The maximum absolute atomic E-state index is 13.0. The van der Waals surface area contributed by atoms with Crippen molar-refractivity contribution in [1.82, 2.24) is 9.80 Å². The number of carbonyl (C=O) groups excluding carboxylic acids is 2. The molecule has 0 aliphatic carbocycles. The molecule has 2 saturated heterocycles. The third-order valence-corrected chi connectivity index (χ3v) is 9.71. The lowest BCUT2D eigenvalue weighted by Gasteiger charge is -2.40. The van der Waals surface area contributed by atoms with Gasteiger partial charge in [0.1, 0.15) is 35.6 Å². The van der Waals surface area contributed by atoms with Gasteiger partial charge in [-0.2, -0.15) is 0 Å². The molecule has 0 saturated carbocycles. The molecule has 2 aromatic rings. The molecule has 2 fully saturated rings. The molecule has 236 valence electrons. The number of Topliss-reactive ketones (excluding diaryl/α,β-unsaturated/α-hetero) is 1. The second-order valence-corrected chi connectivity index (χ2v) is 13.8. The molecule has 1 amide bonds. The molecule has 5 atom stereocenters. The van der Waals surface area contributed by atoms with E-state index in [1.807, 2.05) is 43.9 Å². The van der Waals surface area contributed by atoms with Gasteiger partial charge in [-0.25, -0.2) is 0 Å². The van der Waals surface area contributed by atoms with Crippen molar-refractivity contribution < 1.29 is 29.6 Å². The van der Waals surface area contributed by atoms with Gasteiger partial charge in [-0.3, -0.25) is 9.59 Å². The number of aryl methyl sites for hydroxylation is 2. The van der Waals surface area contributed by atoms with Gasteiger partial charge in [0.2, 0.25) is 5.91 Å². The summed E-state index contributed by atoms with van der Waals surface area (Å²) in [6.45, 7) is 9.01. The average molecular weight is 613 g/mol. The van der Waals surface area contributed by atoms with Crippen molar-refractivity contribution in [3.8, 4) is 0 Å². The highest BCUT2D eigenvalue weighted by atomic mass is 32.2. The number of hydrogen-bond acceptors (Lipinski definition) is 8. The molecule has 0 unspecified atom stereocenters. The molecule has 4 rings (SSSR count). The molecule has 2 aromatic carbocycles. The summed E-state index contributed by atoms with van der Waals surface area (Å²) >= 11 is 1.31. The van der Waals surface area contributed by atoms with Crippen molar-refractivity contribution in [2.45, 2.75) is 82.7 Å². The number of thioether (sulfide) groups is 1. The number of hydrogen-bond donors (Lipinski definition) is 3. The summed E-state index contributed by atoms with van der Waals surface area (Å²) in [6.07, 6.45) is 0.423. The SMILES string of the molecule is CS[C@H]1O[C@@H](c2ccc(C)c(Cc3ccc(CCCC(=O)CC(C)(C)C(=O)N4CCN(C)CC4)cc3)c2)[C@H](O)[C@@H](O)[C@@H]1O. The molecule has 0 spiro atoms. The van der Waals surface area contributed by atoms with Gasteiger partial charge in [-0.15, -0.1) is 11.8 Å². The minimum atomic E-state index is -1.28. The number of nitrogens with zero attached hydrogens (tertiary/aromatic N) is 2. The third kappa shape index (κ3) is 8.47. The Bertz CT molecular complexity index is 1240. The van der Waals surface area contributed by atoms with Crippen molar-refractivity contribution in [1.29, 1.82) is 0 Å². The fourth-order valence-corrected chi connectivity index (χ4v) is 6.68. The standard InChI is InChI=1S/C34H48N2O6S/c1-22-9-14-25(31-29(39)28(38)30(40)32(42-31)43-5)20-26(22)19-24-12-10-23(11-13-24)7-6-8-27(37)21-34(2,3)33(41)36-17-15-35(4)16-18-36/h9-14,20,28-32,38-40H,6-8,15-19,21H2,1-5H3/t28-,29-,30+,31+,32-/m1/s1. The Balaban J connectivity index is 1.29. The monoisotopic (exact) mass is 612 g/mol. The maximum Gasteiger partial charge on any atom is 0.228 e. The van der Waals surface area contributed by atoms with Gasteiger partial charge in [0.15, 0.2) is 0 Å². The molecule has 0 radical (unpaired) electrons. The van der Waals surface area contributed by atoms with Gasteiger partial charge in [0, 0.05) is 39.0 Å². The van der Waals surface area contributed by atoms with Gasteiger partial charge in [0.05, 0.1) is 5.41 Å². The van der Waals surface area contributed by atoms with Crippen molar-refractivity contribution in [3.05, 3.63) is 70.3 Å². The summed E-state index contributed by atoms with van der Waals surface area (Å²) in [5.41, 5.74) is 4.01. The van der Waals surface area contributed by atoms with Crippen LogP contribution in [0.25, 0.3) is 0 Å². The predicted octanol–water partition coefficient (Wildman–Crippen LogP) is 3.51. The Morgan fingerprint density at radius 3 is 2.26 bits per heavy atom. The molecule has 2 aliphatic rings. The van der Waals surface area contributed by atoms with Crippen LogP contribution in [-0.4, -0.2) is 100 Å². The predicted molar refractivity (Wildman–Crippen MR) is 170 cm³/mol. The summed E-state index contributed by atoms with van der Waals surface area (Å²) in [5, 5.41) is 31.2. The summed E-state index contributed by atoms with van der Waals surface area (Å²) in [7, 11) is 2.06. The second kappa shape index (κ2) is 14.7. The molecule has 2 aliphatic heterocycles. The highest BCUT2D eigenvalue weighted by Gasteiger charge is 2.44. The number of likely N-dealkylation sites (N-methyl/N-ethyl adjacent to an activating group) is 1. The number of aliphatic hydroxyl groups is 3. The summed E-state index contributed by atoms with van der Waals surface area (Å²) in [4.78, 5) is 29.9. The zero-order valence-corrected chi connectivity index (χ0v) is 27.0. The molecule has 43 heavy (non-hydrogen) atoms. The van der Waals surface area contributed by atoms with Crippen molar-refractivity contribution in [2.24, 2.45) is 5.41 Å². The van der Waals surface area contributed by atoms with E-state index in [9.17, 15) is 24.9 Å². The Morgan fingerprint density at radius 1 is 0.953 bits per heavy atom. The Labute approximate surface area is 260 Å². The Hall–Kier alpha value is -2.27. The van der Waals surface area contributed by atoms with E-state index in [2.05, 4.69) is 36.2 Å². The fourth-order valence-electron chi connectivity index (χ4n) is 6.01. The normalized spacial score (nSPS) is 25.1. The van der Waals surface area contributed by atoms with Crippen LogP contribution in [0.3, 0.4) is 0 Å². The van der Waals surface area contributed by atoms with E-state index in [-0.39, 0.29) is 18.1 Å². The highest BCUT2D eigenvalue weighted by Crippen LogP contribution is 2.36. The van der Waals surface area contributed by atoms with E-state index in [1.165, 1.54) is 17.3 Å².